The Hall–Kier alpha value is -2.77. The number of halogens is 1. The summed E-state index contributed by atoms with van der Waals surface area (Å²) < 4.78 is 16.0. The molecule has 4 rings (SSSR count). The molecule has 162 valence electrons. The van der Waals surface area contributed by atoms with Crippen molar-refractivity contribution in [1.29, 1.82) is 0 Å². The van der Waals surface area contributed by atoms with Crippen LogP contribution in [0, 0.1) is 0 Å². The third kappa shape index (κ3) is 4.62. The number of furan rings is 1. The second-order valence-corrected chi connectivity index (χ2v) is 8.64. The number of rotatable bonds is 7. The van der Waals surface area contributed by atoms with Crippen LogP contribution in [0.1, 0.15) is 45.0 Å². The number of nitrogens with one attached hydrogen (secondary N) is 1. The summed E-state index contributed by atoms with van der Waals surface area (Å²) in [5.74, 6) is 1.58. The lowest BCUT2D eigenvalue weighted by Gasteiger charge is -2.12. The summed E-state index contributed by atoms with van der Waals surface area (Å²) in [4.78, 5) is 19.0. The number of aliphatic imine (C=N–C) groups is 1. The van der Waals surface area contributed by atoms with Gasteiger partial charge in [0, 0.05) is 11.1 Å². The molecule has 0 saturated heterocycles. The van der Waals surface area contributed by atoms with Gasteiger partial charge in [0.2, 0.25) is 0 Å². The fraction of sp³-hybridized carbons (Fsp3) is 0.304. The molecule has 0 bridgehead atoms. The normalized spacial score (nSPS) is 13.3. The Balaban J connectivity index is 1.64. The molecule has 1 aliphatic carbocycles. The molecule has 0 aliphatic heterocycles. The molecule has 0 saturated carbocycles. The highest BCUT2D eigenvalue weighted by Crippen LogP contribution is 2.40. The number of fused-ring (bicyclic) bond motifs is 1. The van der Waals surface area contributed by atoms with Gasteiger partial charge >= 0.3 is 0 Å². The van der Waals surface area contributed by atoms with Crippen molar-refractivity contribution in [2.45, 2.75) is 32.2 Å². The number of benzene rings is 1. The number of amides is 1. The zero-order chi connectivity index (χ0) is 21.8. The van der Waals surface area contributed by atoms with E-state index in [4.69, 9.17) is 25.5 Å². The molecule has 0 atom stereocenters. The summed E-state index contributed by atoms with van der Waals surface area (Å²) in [7, 11) is 3.10. The molecule has 0 unspecified atom stereocenters. The number of ether oxygens (including phenoxy) is 2. The van der Waals surface area contributed by atoms with Crippen molar-refractivity contribution in [2.75, 3.05) is 14.2 Å². The van der Waals surface area contributed by atoms with Crippen LogP contribution in [0.3, 0.4) is 0 Å². The van der Waals surface area contributed by atoms with E-state index in [-0.39, 0.29) is 5.91 Å². The third-order valence-corrected chi connectivity index (χ3v) is 6.65. The van der Waals surface area contributed by atoms with E-state index in [1.54, 1.807) is 56.2 Å². The minimum Gasteiger partial charge on any atom is -0.493 e. The van der Waals surface area contributed by atoms with Crippen molar-refractivity contribution in [3.05, 3.63) is 62.9 Å². The van der Waals surface area contributed by atoms with Gasteiger partial charge in [0.05, 0.1) is 37.6 Å². The molecule has 0 spiro atoms. The lowest BCUT2D eigenvalue weighted by atomic mass is 9.95. The Morgan fingerprint density at radius 1 is 1.29 bits per heavy atom. The van der Waals surface area contributed by atoms with E-state index in [1.807, 2.05) is 6.07 Å². The quantitative estimate of drug-likeness (QED) is 0.469. The Morgan fingerprint density at radius 2 is 2.13 bits per heavy atom. The van der Waals surface area contributed by atoms with Crippen LogP contribution >= 0.6 is 22.9 Å². The zero-order valence-corrected chi connectivity index (χ0v) is 18.9. The second kappa shape index (κ2) is 9.58. The highest BCUT2D eigenvalue weighted by molar-refractivity contribution is 7.16. The van der Waals surface area contributed by atoms with Crippen LogP contribution in [0.15, 0.2) is 39.9 Å². The van der Waals surface area contributed by atoms with Crippen molar-refractivity contribution in [3.63, 3.8) is 0 Å². The Morgan fingerprint density at radius 3 is 2.87 bits per heavy atom. The lowest BCUT2D eigenvalue weighted by molar-refractivity contribution is 0.0948. The van der Waals surface area contributed by atoms with E-state index in [1.165, 1.54) is 4.88 Å². The number of carbonyl (C=O) groups excluding carboxylic acids is 1. The minimum atomic E-state index is -0.131. The highest BCUT2D eigenvalue weighted by atomic mass is 35.5. The van der Waals surface area contributed by atoms with Crippen molar-refractivity contribution >= 4 is 40.1 Å². The van der Waals surface area contributed by atoms with E-state index in [0.717, 1.165) is 36.8 Å². The Labute approximate surface area is 189 Å². The molecule has 6 nitrogen and oxygen atoms in total. The summed E-state index contributed by atoms with van der Waals surface area (Å²) in [6.07, 6.45) is 7.39. The van der Waals surface area contributed by atoms with E-state index in [2.05, 4.69) is 10.3 Å². The molecule has 8 heteroatoms. The van der Waals surface area contributed by atoms with E-state index in [0.29, 0.717) is 39.4 Å². The molecular weight excluding hydrogens is 436 g/mol. The molecule has 0 fully saturated rings. The highest BCUT2D eigenvalue weighted by Gasteiger charge is 2.25. The maximum absolute atomic E-state index is 13.1. The third-order valence-electron chi connectivity index (χ3n) is 5.17. The first kappa shape index (κ1) is 21.5. The number of hydrogen-bond acceptors (Lipinski definition) is 6. The summed E-state index contributed by atoms with van der Waals surface area (Å²) in [5, 5.41) is 4.10. The summed E-state index contributed by atoms with van der Waals surface area (Å²) in [6.45, 7) is 0.338. The average Bonchev–Trinajstić information content (AvgIpc) is 3.43. The van der Waals surface area contributed by atoms with E-state index < -0.39 is 0 Å². The van der Waals surface area contributed by atoms with Crippen LogP contribution in [0.4, 0.5) is 5.00 Å². The molecular formula is C23H23ClN2O4S. The van der Waals surface area contributed by atoms with Gasteiger partial charge in [-0.3, -0.25) is 4.79 Å². The molecule has 2 aromatic heterocycles. The largest absolute Gasteiger partial charge is 0.493 e. The lowest BCUT2D eigenvalue weighted by Crippen LogP contribution is -2.23. The topological polar surface area (TPSA) is 73.1 Å². The van der Waals surface area contributed by atoms with Gasteiger partial charge in [0.15, 0.2) is 11.5 Å². The molecule has 1 amide bonds. The fourth-order valence-corrected chi connectivity index (χ4v) is 5.22. The number of carbonyl (C=O) groups is 1. The van der Waals surface area contributed by atoms with Gasteiger partial charge in [-0.05, 0) is 61.1 Å². The van der Waals surface area contributed by atoms with Crippen LogP contribution in [-0.4, -0.2) is 26.3 Å². The van der Waals surface area contributed by atoms with Crippen LogP contribution in [0.25, 0.3) is 0 Å². The summed E-state index contributed by atoms with van der Waals surface area (Å²) in [5.41, 5.74) is 2.54. The molecule has 2 heterocycles. The predicted octanol–water partition coefficient (Wildman–Crippen LogP) is 5.57. The van der Waals surface area contributed by atoms with Crippen LogP contribution in [0.2, 0.25) is 5.02 Å². The van der Waals surface area contributed by atoms with Crippen LogP contribution in [0.5, 0.6) is 11.5 Å². The van der Waals surface area contributed by atoms with Gasteiger partial charge in [-0.25, -0.2) is 4.99 Å². The molecule has 1 N–H and O–H groups in total. The standard InChI is InChI=1S/C23H23ClN2O4S/c1-28-18-11-14(10-17(24)21(18)29-2)12-26-23-20(16-7-3-4-8-19(16)31-23)22(27)25-13-15-6-5-9-30-15/h5-6,9-12H,3-4,7-8,13H2,1-2H3,(H,25,27). The maximum atomic E-state index is 13.1. The molecule has 1 aromatic carbocycles. The average molecular weight is 459 g/mol. The molecule has 3 aromatic rings. The van der Waals surface area contributed by atoms with Gasteiger partial charge in [0.1, 0.15) is 10.8 Å². The molecule has 31 heavy (non-hydrogen) atoms. The SMILES string of the molecule is COc1cc(C=Nc2sc3c(c2C(=O)NCc2ccco2)CCCC3)cc(Cl)c1OC. The first-order valence-corrected chi connectivity index (χ1v) is 11.2. The Bertz CT molecular complexity index is 1110. The second-order valence-electron chi connectivity index (χ2n) is 7.15. The number of nitrogens with zero attached hydrogens (tertiary/aromatic N) is 1. The summed E-state index contributed by atoms with van der Waals surface area (Å²) >= 11 is 7.90. The maximum Gasteiger partial charge on any atom is 0.255 e. The van der Waals surface area contributed by atoms with Gasteiger partial charge in [-0.15, -0.1) is 11.3 Å². The number of hydrogen-bond donors (Lipinski definition) is 1. The van der Waals surface area contributed by atoms with Crippen molar-refractivity contribution in [1.82, 2.24) is 5.32 Å². The van der Waals surface area contributed by atoms with Crippen molar-refractivity contribution < 1.29 is 18.7 Å². The van der Waals surface area contributed by atoms with Crippen molar-refractivity contribution in [2.24, 2.45) is 4.99 Å². The zero-order valence-electron chi connectivity index (χ0n) is 17.4. The van der Waals surface area contributed by atoms with Crippen LogP contribution < -0.4 is 14.8 Å². The van der Waals surface area contributed by atoms with E-state index in [9.17, 15) is 4.79 Å². The Kier molecular flexibility index (Phi) is 6.63. The molecule has 0 radical (unpaired) electrons. The van der Waals surface area contributed by atoms with E-state index >= 15 is 0 Å². The minimum absolute atomic E-state index is 0.131. The molecule has 1 aliphatic rings. The fourth-order valence-electron chi connectivity index (χ4n) is 3.69. The summed E-state index contributed by atoms with van der Waals surface area (Å²) in [6, 6.07) is 7.20. The predicted molar refractivity (Wildman–Crippen MR) is 123 cm³/mol. The first-order chi connectivity index (χ1) is 15.1. The van der Waals surface area contributed by atoms with Gasteiger partial charge in [0.25, 0.3) is 5.91 Å². The van der Waals surface area contributed by atoms with Gasteiger partial charge < -0.3 is 19.2 Å². The monoisotopic (exact) mass is 458 g/mol. The number of aryl methyl sites for hydroxylation is 1. The first-order valence-electron chi connectivity index (χ1n) is 10.0. The van der Waals surface area contributed by atoms with Crippen molar-refractivity contribution in [3.8, 4) is 11.5 Å². The van der Waals surface area contributed by atoms with Crippen LogP contribution in [-0.2, 0) is 19.4 Å². The number of methoxy groups -OCH3 is 2. The number of thiophene rings is 1. The van der Waals surface area contributed by atoms with Gasteiger partial charge in [-0.2, -0.15) is 0 Å². The smallest absolute Gasteiger partial charge is 0.255 e. The van der Waals surface area contributed by atoms with Gasteiger partial charge in [-0.1, -0.05) is 11.6 Å².